The van der Waals surface area contributed by atoms with Crippen molar-refractivity contribution in [3.8, 4) is 28.1 Å². The number of rotatable bonds is 7. The van der Waals surface area contributed by atoms with Crippen molar-refractivity contribution in [3.63, 3.8) is 0 Å². The lowest BCUT2D eigenvalue weighted by Gasteiger charge is -2.13. The van der Waals surface area contributed by atoms with Gasteiger partial charge in [0.15, 0.2) is 0 Å². The molecule has 0 aliphatic heterocycles. The Morgan fingerprint density at radius 1 is 0.800 bits per heavy atom. The van der Waals surface area contributed by atoms with Crippen molar-refractivity contribution in [1.29, 1.82) is 0 Å². The summed E-state index contributed by atoms with van der Waals surface area (Å²) in [5, 5.41) is 15.0. The van der Waals surface area contributed by atoms with Crippen LogP contribution in [0, 0.1) is 0 Å². The summed E-state index contributed by atoms with van der Waals surface area (Å²) < 4.78 is 2.22. The number of aromatic hydroxyl groups is 1. The highest BCUT2D eigenvalue weighted by molar-refractivity contribution is 6.04. The molecule has 1 amide bonds. The van der Waals surface area contributed by atoms with Gasteiger partial charge in [-0.25, -0.2) is 5.43 Å². The highest BCUT2D eigenvalue weighted by Gasteiger charge is 2.20. The van der Waals surface area contributed by atoms with E-state index < -0.39 is 0 Å². The van der Waals surface area contributed by atoms with E-state index in [9.17, 15) is 9.90 Å². The van der Waals surface area contributed by atoms with Crippen molar-refractivity contribution >= 4 is 23.0 Å². The highest BCUT2D eigenvalue weighted by Crippen LogP contribution is 2.40. The molecule has 0 fully saturated rings. The molecule has 1 heterocycles. The summed E-state index contributed by atoms with van der Waals surface area (Å²) >= 11 is 0. The van der Waals surface area contributed by atoms with Gasteiger partial charge in [-0.1, -0.05) is 91.0 Å². The van der Waals surface area contributed by atoms with E-state index in [1.54, 1.807) is 24.3 Å². The van der Waals surface area contributed by atoms with Crippen molar-refractivity contribution in [3.05, 3.63) is 115 Å². The number of amides is 1. The lowest BCUT2D eigenvalue weighted by Crippen LogP contribution is -2.19. The van der Waals surface area contributed by atoms with Crippen LogP contribution in [-0.4, -0.2) is 21.8 Å². The number of para-hydroxylation sites is 2. The fourth-order valence-corrected chi connectivity index (χ4v) is 4.37. The van der Waals surface area contributed by atoms with E-state index >= 15 is 0 Å². The zero-order valence-corrected chi connectivity index (χ0v) is 19.1. The summed E-state index contributed by atoms with van der Waals surface area (Å²) in [5.41, 5.74) is 8.68. The van der Waals surface area contributed by atoms with Crippen molar-refractivity contribution < 1.29 is 9.90 Å². The molecule has 0 aliphatic carbocycles. The first kappa shape index (κ1) is 22.2. The van der Waals surface area contributed by atoms with Crippen LogP contribution in [-0.2, 0) is 11.3 Å². The molecule has 0 atom stereocenters. The van der Waals surface area contributed by atoms with E-state index in [0.29, 0.717) is 12.1 Å². The number of phenols is 1. The number of fused-ring (bicyclic) bond motifs is 1. The number of nitrogens with one attached hydrogen (secondary N) is 1. The van der Waals surface area contributed by atoms with Gasteiger partial charge in [-0.05, 0) is 29.3 Å². The summed E-state index contributed by atoms with van der Waals surface area (Å²) in [7, 11) is 0. The number of aromatic nitrogens is 1. The Hall–Kier alpha value is -4.64. The fourth-order valence-electron chi connectivity index (χ4n) is 4.37. The fraction of sp³-hybridized carbons (Fsp3) is 0.0667. The van der Waals surface area contributed by atoms with Crippen molar-refractivity contribution in [1.82, 2.24) is 9.99 Å². The van der Waals surface area contributed by atoms with Gasteiger partial charge in [0.05, 0.1) is 11.9 Å². The van der Waals surface area contributed by atoms with Gasteiger partial charge in [0.25, 0.3) is 0 Å². The van der Waals surface area contributed by atoms with Crippen molar-refractivity contribution in [2.24, 2.45) is 5.10 Å². The molecule has 2 N–H and O–H groups in total. The zero-order valence-electron chi connectivity index (χ0n) is 19.1. The monoisotopic (exact) mass is 459 g/mol. The molecule has 5 nitrogen and oxygen atoms in total. The van der Waals surface area contributed by atoms with Crippen LogP contribution in [0.15, 0.2) is 114 Å². The first-order valence-corrected chi connectivity index (χ1v) is 11.5. The largest absolute Gasteiger partial charge is 0.507 e. The summed E-state index contributed by atoms with van der Waals surface area (Å²) in [5.74, 6) is -0.0834. The molecule has 1 aromatic heterocycles. The van der Waals surface area contributed by atoms with E-state index in [2.05, 4.69) is 51.5 Å². The third-order valence-electron chi connectivity index (χ3n) is 5.97. The number of aryl methyl sites for hydroxylation is 1. The van der Waals surface area contributed by atoms with Crippen LogP contribution in [0.3, 0.4) is 0 Å². The number of phenolic OH excluding ortho intramolecular Hbond substituents is 1. The predicted molar refractivity (Wildman–Crippen MR) is 141 cm³/mol. The molecule has 0 saturated heterocycles. The maximum Gasteiger partial charge on any atom is 0.241 e. The number of nitrogens with zero attached hydrogens (tertiary/aromatic N) is 2. The van der Waals surface area contributed by atoms with Crippen LogP contribution in [0.5, 0.6) is 5.75 Å². The second kappa shape index (κ2) is 10.1. The van der Waals surface area contributed by atoms with Crippen LogP contribution in [0.1, 0.15) is 12.0 Å². The molecule has 5 heteroatoms. The van der Waals surface area contributed by atoms with Gasteiger partial charge in [0, 0.05) is 35.0 Å². The molecular formula is C30H25N3O2. The Kier molecular flexibility index (Phi) is 6.39. The molecule has 4 aromatic carbocycles. The van der Waals surface area contributed by atoms with Gasteiger partial charge in [0.1, 0.15) is 5.75 Å². The van der Waals surface area contributed by atoms with E-state index in [0.717, 1.165) is 33.3 Å². The number of benzene rings is 4. The molecule has 0 bridgehead atoms. The third kappa shape index (κ3) is 4.70. The predicted octanol–water partition coefficient (Wildman–Crippen LogP) is 6.22. The number of hydrogen-bond donors (Lipinski definition) is 2. The van der Waals surface area contributed by atoms with Gasteiger partial charge in [-0.2, -0.15) is 5.10 Å². The quantitative estimate of drug-likeness (QED) is 0.224. The summed E-state index contributed by atoms with van der Waals surface area (Å²) in [6, 6.07) is 35.8. The molecule has 0 saturated carbocycles. The lowest BCUT2D eigenvalue weighted by atomic mass is 9.98. The van der Waals surface area contributed by atoms with Crippen LogP contribution in [0.25, 0.3) is 33.3 Å². The Labute approximate surface area is 204 Å². The van der Waals surface area contributed by atoms with Gasteiger partial charge in [0.2, 0.25) is 5.91 Å². The minimum atomic E-state index is -0.199. The second-order valence-electron chi connectivity index (χ2n) is 8.23. The third-order valence-corrected chi connectivity index (χ3v) is 5.97. The number of carbonyl (C=O) groups excluding carboxylic acids is 1. The molecule has 0 unspecified atom stereocenters. The molecule has 35 heavy (non-hydrogen) atoms. The average Bonchev–Trinajstić information content (AvgIpc) is 3.24. The summed E-state index contributed by atoms with van der Waals surface area (Å²) in [6.07, 6.45) is 1.70. The standard InChI is InChI=1S/C30H25N3O2/c34-27-18-10-7-15-24(27)21-31-32-28(35)19-20-33-26-17-9-8-16-25(26)29(22-11-3-1-4-12-22)30(33)23-13-5-2-6-14-23/h1-18,21,34H,19-20H2,(H,32,35)/b31-21+. The molecule has 5 aromatic rings. The first-order valence-electron chi connectivity index (χ1n) is 11.5. The first-order chi connectivity index (χ1) is 17.2. The van der Waals surface area contributed by atoms with Crippen molar-refractivity contribution in [2.45, 2.75) is 13.0 Å². The van der Waals surface area contributed by atoms with Crippen LogP contribution < -0.4 is 5.43 Å². The van der Waals surface area contributed by atoms with E-state index in [1.807, 2.05) is 48.5 Å². The molecule has 0 aliphatic rings. The average molecular weight is 460 g/mol. The Bertz CT molecular complexity index is 1490. The van der Waals surface area contributed by atoms with Gasteiger partial charge >= 0.3 is 0 Å². The normalized spacial score (nSPS) is 11.2. The highest BCUT2D eigenvalue weighted by atomic mass is 16.3. The maximum absolute atomic E-state index is 12.7. The minimum Gasteiger partial charge on any atom is -0.507 e. The smallest absolute Gasteiger partial charge is 0.241 e. The molecule has 0 radical (unpaired) electrons. The Morgan fingerprint density at radius 2 is 1.43 bits per heavy atom. The minimum absolute atomic E-state index is 0.116. The SMILES string of the molecule is O=C(CCn1c(-c2ccccc2)c(-c2ccccc2)c2ccccc21)N/N=C/c1ccccc1O. The molecule has 5 rings (SSSR count). The van der Waals surface area contributed by atoms with Gasteiger partial charge in [-0.15, -0.1) is 0 Å². The number of carbonyl (C=O) groups is 1. The van der Waals surface area contributed by atoms with Crippen molar-refractivity contribution in [2.75, 3.05) is 0 Å². The second-order valence-corrected chi connectivity index (χ2v) is 8.23. The summed E-state index contributed by atoms with van der Waals surface area (Å²) in [6.45, 7) is 0.496. The van der Waals surface area contributed by atoms with E-state index in [-0.39, 0.29) is 18.1 Å². The molecule has 0 spiro atoms. The molecule has 172 valence electrons. The lowest BCUT2D eigenvalue weighted by molar-refractivity contribution is -0.121. The van der Waals surface area contributed by atoms with Crippen LogP contribution in [0.4, 0.5) is 0 Å². The number of hydrogen-bond acceptors (Lipinski definition) is 3. The summed E-state index contributed by atoms with van der Waals surface area (Å²) in [4.78, 5) is 12.7. The zero-order chi connectivity index (χ0) is 24.0. The van der Waals surface area contributed by atoms with Gasteiger partial charge in [-0.3, -0.25) is 4.79 Å². The topological polar surface area (TPSA) is 66.6 Å². The van der Waals surface area contributed by atoms with Crippen LogP contribution >= 0.6 is 0 Å². The van der Waals surface area contributed by atoms with E-state index in [1.165, 1.54) is 6.21 Å². The molecular weight excluding hydrogens is 434 g/mol. The van der Waals surface area contributed by atoms with Crippen LogP contribution in [0.2, 0.25) is 0 Å². The Morgan fingerprint density at radius 3 is 2.17 bits per heavy atom. The van der Waals surface area contributed by atoms with Gasteiger partial charge < -0.3 is 9.67 Å². The number of hydrazone groups is 1. The maximum atomic E-state index is 12.7. The van der Waals surface area contributed by atoms with E-state index in [4.69, 9.17) is 0 Å². The Balaban J connectivity index is 1.48.